The van der Waals surface area contributed by atoms with Crippen LogP contribution in [0, 0.1) is 16.7 Å². The lowest BCUT2D eigenvalue weighted by Crippen LogP contribution is -2.14. The second-order valence-corrected chi connectivity index (χ2v) is 5.89. The molecule has 0 aromatic heterocycles. The number of nitrogens with zero attached hydrogens (tertiary/aromatic N) is 1. The fraction of sp³-hybridized carbons (Fsp3) is 0.529. The minimum Gasteiger partial charge on any atom is -0.465 e. The number of aliphatic hydroxyl groups is 2. The first-order valence-electron chi connectivity index (χ1n) is 7.31. The van der Waals surface area contributed by atoms with Crippen molar-refractivity contribution in [3.05, 3.63) is 34.9 Å². The summed E-state index contributed by atoms with van der Waals surface area (Å²) in [5.74, 6) is -0.319. The third-order valence-electron chi connectivity index (χ3n) is 3.51. The predicted octanol–water partition coefficient (Wildman–Crippen LogP) is 2.09. The Hall–Kier alpha value is -1.90. The Bertz CT molecular complexity index is 546. The van der Waals surface area contributed by atoms with E-state index in [0.717, 1.165) is 16.7 Å². The van der Waals surface area contributed by atoms with Crippen LogP contribution in [0.5, 0.6) is 0 Å². The van der Waals surface area contributed by atoms with Gasteiger partial charge in [0.05, 0.1) is 31.3 Å². The SMILES string of the molecule is CC(C)(C#N)CCC(=O)OCCc1ccc(CO)cc1CO. The highest BCUT2D eigenvalue weighted by atomic mass is 16.5. The molecule has 0 heterocycles. The first kappa shape index (κ1) is 18.1. The summed E-state index contributed by atoms with van der Waals surface area (Å²) in [6.45, 7) is 3.62. The summed E-state index contributed by atoms with van der Waals surface area (Å²) in [6.07, 6.45) is 1.20. The zero-order valence-electron chi connectivity index (χ0n) is 13.1. The number of aliphatic hydroxyl groups excluding tert-OH is 2. The van der Waals surface area contributed by atoms with Crippen molar-refractivity contribution in [3.8, 4) is 6.07 Å². The fourth-order valence-electron chi connectivity index (χ4n) is 1.99. The number of ether oxygens (including phenoxy) is 1. The summed E-state index contributed by atoms with van der Waals surface area (Å²) in [4.78, 5) is 11.6. The monoisotopic (exact) mass is 305 g/mol. The van der Waals surface area contributed by atoms with Crippen LogP contribution < -0.4 is 0 Å². The van der Waals surface area contributed by atoms with Gasteiger partial charge >= 0.3 is 5.97 Å². The summed E-state index contributed by atoms with van der Waals surface area (Å²) < 4.78 is 5.16. The van der Waals surface area contributed by atoms with Crippen LogP contribution >= 0.6 is 0 Å². The maximum Gasteiger partial charge on any atom is 0.305 e. The lowest BCUT2D eigenvalue weighted by atomic mass is 9.90. The van der Waals surface area contributed by atoms with E-state index in [1.54, 1.807) is 26.0 Å². The average molecular weight is 305 g/mol. The smallest absolute Gasteiger partial charge is 0.305 e. The zero-order chi connectivity index (χ0) is 16.6. The Morgan fingerprint density at radius 2 is 2.00 bits per heavy atom. The molecule has 0 aliphatic heterocycles. The number of hydrogen-bond acceptors (Lipinski definition) is 5. The van der Waals surface area contributed by atoms with Crippen molar-refractivity contribution in [3.63, 3.8) is 0 Å². The molecule has 0 spiro atoms. The van der Waals surface area contributed by atoms with E-state index in [1.165, 1.54) is 0 Å². The van der Waals surface area contributed by atoms with Crippen molar-refractivity contribution < 1.29 is 19.7 Å². The molecule has 1 rings (SSSR count). The minimum atomic E-state index is -0.525. The second kappa shape index (κ2) is 8.52. The van der Waals surface area contributed by atoms with E-state index in [0.29, 0.717) is 12.8 Å². The summed E-state index contributed by atoms with van der Waals surface area (Å²) in [5.41, 5.74) is 1.84. The number of hydrogen-bond donors (Lipinski definition) is 2. The lowest BCUT2D eigenvalue weighted by Gasteiger charge is -2.14. The molecule has 0 aliphatic carbocycles. The average Bonchev–Trinajstić information content (AvgIpc) is 2.53. The summed E-state index contributed by atoms with van der Waals surface area (Å²) >= 11 is 0. The van der Waals surface area contributed by atoms with Gasteiger partial charge in [-0.05, 0) is 37.0 Å². The molecule has 0 fully saturated rings. The molecule has 5 nitrogen and oxygen atoms in total. The first-order chi connectivity index (χ1) is 10.4. The molecular formula is C17H23NO4. The molecule has 0 saturated carbocycles. The molecule has 120 valence electrons. The van der Waals surface area contributed by atoms with E-state index in [-0.39, 0.29) is 32.2 Å². The summed E-state index contributed by atoms with van der Waals surface area (Å²) in [6, 6.07) is 7.50. The molecule has 0 unspecified atom stereocenters. The van der Waals surface area contributed by atoms with Crippen LogP contribution in [-0.4, -0.2) is 22.8 Å². The maximum absolute atomic E-state index is 11.6. The Morgan fingerprint density at radius 1 is 1.27 bits per heavy atom. The highest BCUT2D eigenvalue weighted by Crippen LogP contribution is 2.21. The van der Waals surface area contributed by atoms with Gasteiger partial charge in [0, 0.05) is 12.8 Å². The van der Waals surface area contributed by atoms with E-state index in [2.05, 4.69) is 6.07 Å². The number of benzene rings is 1. The predicted molar refractivity (Wildman–Crippen MR) is 81.6 cm³/mol. The van der Waals surface area contributed by atoms with Crippen molar-refractivity contribution in [1.82, 2.24) is 0 Å². The molecule has 1 aromatic carbocycles. The van der Waals surface area contributed by atoms with Gasteiger partial charge in [-0.3, -0.25) is 4.79 Å². The molecule has 0 atom stereocenters. The molecule has 0 radical (unpaired) electrons. The number of esters is 1. The van der Waals surface area contributed by atoms with Gasteiger partial charge in [-0.15, -0.1) is 0 Å². The van der Waals surface area contributed by atoms with Crippen LogP contribution in [0.3, 0.4) is 0 Å². The molecule has 5 heteroatoms. The standard InChI is InChI=1S/C17H23NO4/c1-17(2,12-18)7-5-16(21)22-8-6-14-4-3-13(10-19)9-15(14)11-20/h3-4,9,19-20H,5-8,10-11H2,1-2H3. The highest BCUT2D eigenvalue weighted by molar-refractivity contribution is 5.69. The zero-order valence-corrected chi connectivity index (χ0v) is 13.1. The lowest BCUT2D eigenvalue weighted by molar-refractivity contribution is -0.144. The number of nitriles is 1. The van der Waals surface area contributed by atoms with Gasteiger partial charge in [0.2, 0.25) is 0 Å². The maximum atomic E-state index is 11.6. The largest absolute Gasteiger partial charge is 0.465 e. The van der Waals surface area contributed by atoms with Gasteiger partial charge in [-0.2, -0.15) is 5.26 Å². The molecular weight excluding hydrogens is 282 g/mol. The van der Waals surface area contributed by atoms with E-state index < -0.39 is 5.41 Å². The topological polar surface area (TPSA) is 90.6 Å². The molecule has 0 bridgehead atoms. The molecule has 0 aliphatic rings. The van der Waals surface area contributed by atoms with E-state index in [1.807, 2.05) is 6.07 Å². The third-order valence-corrected chi connectivity index (χ3v) is 3.51. The molecule has 22 heavy (non-hydrogen) atoms. The van der Waals surface area contributed by atoms with Gasteiger partial charge in [-0.1, -0.05) is 18.2 Å². The Labute approximate surface area is 131 Å². The van der Waals surface area contributed by atoms with Crippen molar-refractivity contribution >= 4 is 5.97 Å². The van der Waals surface area contributed by atoms with Crippen LogP contribution in [-0.2, 0) is 29.2 Å². The molecule has 0 saturated heterocycles. The van der Waals surface area contributed by atoms with Crippen molar-refractivity contribution in [1.29, 1.82) is 5.26 Å². The fourth-order valence-corrected chi connectivity index (χ4v) is 1.99. The summed E-state index contributed by atoms with van der Waals surface area (Å²) in [5, 5.41) is 27.3. The number of rotatable bonds is 8. The van der Waals surface area contributed by atoms with Gasteiger partial charge < -0.3 is 14.9 Å². The van der Waals surface area contributed by atoms with Gasteiger partial charge in [0.25, 0.3) is 0 Å². The molecule has 0 amide bonds. The van der Waals surface area contributed by atoms with Gasteiger partial charge in [0.15, 0.2) is 0 Å². The quantitative estimate of drug-likeness (QED) is 0.718. The first-order valence-corrected chi connectivity index (χ1v) is 7.31. The third kappa shape index (κ3) is 5.84. The minimum absolute atomic E-state index is 0.0725. The second-order valence-electron chi connectivity index (χ2n) is 5.89. The Balaban J connectivity index is 2.44. The van der Waals surface area contributed by atoms with Crippen molar-refractivity contribution in [2.75, 3.05) is 6.61 Å². The van der Waals surface area contributed by atoms with Crippen LogP contribution in [0.2, 0.25) is 0 Å². The molecule has 2 N–H and O–H groups in total. The van der Waals surface area contributed by atoms with Gasteiger partial charge in [-0.25, -0.2) is 0 Å². The number of carbonyl (C=O) groups is 1. The van der Waals surface area contributed by atoms with E-state index in [4.69, 9.17) is 15.1 Å². The van der Waals surface area contributed by atoms with Crippen LogP contribution in [0.1, 0.15) is 43.4 Å². The Morgan fingerprint density at radius 3 is 2.59 bits per heavy atom. The normalized spacial score (nSPS) is 11.0. The van der Waals surface area contributed by atoms with Gasteiger partial charge in [0.1, 0.15) is 0 Å². The highest BCUT2D eigenvalue weighted by Gasteiger charge is 2.18. The van der Waals surface area contributed by atoms with Crippen LogP contribution in [0.25, 0.3) is 0 Å². The Kier molecular flexibility index (Phi) is 7.03. The van der Waals surface area contributed by atoms with Crippen molar-refractivity contribution in [2.24, 2.45) is 5.41 Å². The van der Waals surface area contributed by atoms with E-state index in [9.17, 15) is 9.90 Å². The van der Waals surface area contributed by atoms with E-state index >= 15 is 0 Å². The summed E-state index contributed by atoms with van der Waals surface area (Å²) in [7, 11) is 0. The van der Waals surface area contributed by atoms with Crippen molar-refractivity contribution in [2.45, 2.75) is 46.3 Å². The molecule has 1 aromatic rings. The number of carbonyl (C=O) groups excluding carboxylic acids is 1. The van der Waals surface area contributed by atoms with Crippen LogP contribution in [0.4, 0.5) is 0 Å². The van der Waals surface area contributed by atoms with Crippen LogP contribution in [0.15, 0.2) is 18.2 Å².